The van der Waals surface area contributed by atoms with Gasteiger partial charge in [-0.1, -0.05) is 6.92 Å². The first-order valence-electron chi connectivity index (χ1n) is 7.37. The molecule has 3 nitrogen and oxygen atoms in total. The van der Waals surface area contributed by atoms with Gasteiger partial charge in [-0.3, -0.25) is 0 Å². The minimum absolute atomic E-state index is 0.148. The molecule has 1 aromatic carbocycles. The van der Waals surface area contributed by atoms with E-state index in [1.165, 1.54) is 5.56 Å². The highest BCUT2D eigenvalue weighted by atomic mass is 16.5. The van der Waals surface area contributed by atoms with Gasteiger partial charge in [0.1, 0.15) is 11.3 Å². The van der Waals surface area contributed by atoms with Crippen LogP contribution in [-0.2, 0) is 6.42 Å². The Hall–Kier alpha value is -1.48. The summed E-state index contributed by atoms with van der Waals surface area (Å²) in [5.41, 5.74) is 2.31. The first kappa shape index (κ1) is 14.9. The number of benzene rings is 1. The average Bonchev–Trinajstić information content (AvgIpc) is 2.78. The summed E-state index contributed by atoms with van der Waals surface area (Å²) < 4.78 is 11.3. The molecule has 1 aromatic heterocycles. The normalized spacial score (nSPS) is 12.0. The van der Waals surface area contributed by atoms with Crippen LogP contribution in [0.3, 0.4) is 0 Å². The first-order valence-corrected chi connectivity index (χ1v) is 7.37. The smallest absolute Gasteiger partial charge is 0.134 e. The minimum Gasteiger partial charge on any atom is -0.494 e. The van der Waals surface area contributed by atoms with Crippen LogP contribution in [-0.4, -0.2) is 18.7 Å². The van der Waals surface area contributed by atoms with E-state index >= 15 is 0 Å². The molecular weight excluding hydrogens is 250 g/mol. The molecule has 110 valence electrons. The SMILES string of the molecule is CCCOc1ccc2occ(CCNC(C)(C)C)c2c1. The standard InChI is InChI=1S/C17H25NO2/c1-5-10-19-14-6-7-16-15(11-14)13(12-20-16)8-9-18-17(2,3)4/h6-7,11-12,18H,5,8-10H2,1-4H3. The van der Waals surface area contributed by atoms with Gasteiger partial charge in [-0.25, -0.2) is 0 Å². The quantitative estimate of drug-likeness (QED) is 0.860. The van der Waals surface area contributed by atoms with Gasteiger partial charge >= 0.3 is 0 Å². The molecule has 0 saturated carbocycles. The maximum absolute atomic E-state index is 5.69. The van der Waals surface area contributed by atoms with Crippen molar-refractivity contribution < 1.29 is 9.15 Å². The zero-order valence-electron chi connectivity index (χ0n) is 13.0. The average molecular weight is 275 g/mol. The van der Waals surface area contributed by atoms with Crippen molar-refractivity contribution in [2.75, 3.05) is 13.2 Å². The van der Waals surface area contributed by atoms with Crippen molar-refractivity contribution in [3.8, 4) is 5.75 Å². The molecule has 20 heavy (non-hydrogen) atoms. The fourth-order valence-corrected chi connectivity index (χ4v) is 2.14. The van der Waals surface area contributed by atoms with Crippen molar-refractivity contribution in [1.29, 1.82) is 0 Å². The van der Waals surface area contributed by atoms with Crippen molar-refractivity contribution in [2.24, 2.45) is 0 Å². The lowest BCUT2D eigenvalue weighted by molar-refractivity contribution is 0.318. The molecule has 0 spiro atoms. The van der Waals surface area contributed by atoms with E-state index in [4.69, 9.17) is 9.15 Å². The molecule has 1 N–H and O–H groups in total. The zero-order valence-corrected chi connectivity index (χ0v) is 13.0. The molecule has 3 heteroatoms. The van der Waals surface area contributed by atoms with Crippen LogP contribution in [0.25, 0.3) is 11.0 Å². The molecule has 0 atom stereocenters. The molecule has 0 amide bonds. The summed E-state index contributed by atoms with van der Waals surface area (Å²) in [6, 6.07) is 6.04. The second kappa shape index (κ2) is 6.31. The number of furan rings is 1. The lowest BCUT2D eigenvalue weighted by atomic mass is 10.1. The number of nitrogens with one attached hydrogen (secondary N) is 1. The van der Waals surface area contributed by atoms with E-state index in [9.17, 15) is 0 Å². The molecule has 2 aromatic rings. The third kappa shape index (κ3) is 4.01. The third-order valence-corrected chi connectivity index (χ3v) is 3.15. The number of ether oxygens (including phenoxy) is 1. The molecular formula is C17H25NO2. The molecule has 0 bridgehead atoms. The van der Waals surface area contributed by atoms with Crippen LogP contribution in [0.5, 0.6) is 5.75 Å². The van der Waals surface area contributed by atoms with Crippen LogP contribution < -0.4 is 10.1 Å². The van der Waals surface area contributed by atoms with E-state index in [1.54, 1.807) is 0 Å². The number of rotatable bonds is 6. The number of hydrogen-bond acceptors (Lipinski definition) is 3. The molecule has 2 rings (SSSR count). The molecule has 0 fully saturated rings. The Bertz CT molecular complexity index is 552. The van der Waals surface area contributed by atoms with Gasteiger partial charge in [0.15, 0.2) is 0 Å². The predicted octanol–water partition coefficient (Wildman–Crippen LogP) is 4.15. The molecule has 1 heterocycles. The Labute approximate surface area is 121 Å². The Morgan fingerprint density at radius 2 is 2.05 bits per heavy atom. The summed E-state index contributed by atoms with van der Waals surface area (Å²) in [5.74, 6) is 0.922. The van der Waals surface area contributed by atoms with Crippen molar-refractivity contribution in [1.82, 2.24) is 5.32 Å². The summed E-state index contributed by atoms with van der Waals surface area (Å²) >= 11 is 0. The largest absolute Gasteiger partial charge is 0.494 e. The van der Waals surface area contributed by atoms with Gasteiger partial charge in [0, 0.05) is 10.9 Å². The van der Waals surface area contributed by atoms with Crippen LogP contribution in [0.2, 0.25) is 0 Å². The van der Waals surface area contributed by atoms with Crippen LogP contribution in [0.15, 0.2) is 28.9 Å². The van der Waals surface area contributed by atoms with Crippen LogP contribution in [0, 0.1) is 0 Å². The highest BCUT2D eigenvalue weighted by molar-refractivity contribution is 5.82. The molecule has 0 aliphatic rings. The maximum atomic E-state index is 5.69. The summed E-state index contributed by atoms with van der Waals surface area (Å²) in [4.78, 5) is 0. The highest BCUT2D eigenvalue weighted by Gasteiger charge is 2.11. The van der Waals surface area contributed by atoms with Crippen LogP contribution in [0.1, 0.15) is 39.7 Å². The van der Waals surface area contributed by atoms with E-state index in [-0.39, 0.29) is 5.54 Å². The summed E-state index contributed by atoms with van der Waals surface area (Å²) in [6.07, 6.45) is 3.84. The van der Waals surface area contributed by atoms with Gasteiger partial charge in [0.2, 0.25) is 0 Å². The van der Waals surface area contributed by atoms with Gasteiger partial charge in [-0.05, 0) is 63.9 Å². The molecule has 0 aliphatic heterocycles. The van der Waals surface area contributed by atoms with E-state index in [2.05, 4.69) is 39.1 Å². The van der Waals surface area contributed by atoms with Crippen molar-refractivity contribution >= 4 is 11.0 Å². The summed E-state index contributed by atoms with van der Waals surface area (Å²) in [5, 5.41) is 4.66. The molecule has 0 radical (unpaired) electrons. The fraction of sp³-hybridized carbons (Fsp3) is 0.529. The van der Waals surface area contributed by atoms with Crippen molar-refractivity contribution in [2.45, 2.75) is 46.1 Å². The van der Waals surface area contributed by atoms with E-state index in [0.29, 0.717) is 0 Å². The fourth-order valence-electron chi connectivity index (χ4n) is 2.14. The number of fused-ring (bicyclic) bond motifs is 1. The zero-order chi connectivity index (χ0) is 14.6. The second-order valence-corrected chi connectivity index (χ2v) is 6.19. The monoisotopic (exact) mass is 275 g/mol. The van der Waals surface area contributed by atoms with Crippen molar-refractivity contribution in [3.63, 3.8) is 0 Å². The minimum atomic E-state index is 0.148. The Kier molecular flexibility index (Phi) is 4.71. The lowest BCUT2D eigenvalue weighted by Crippen LogP contribution is -2.37. The van der Waals surface area contributed by atoms with E-state index in [1.807, 2.05) is 18.4 Å². The number of hydrogen-bond donors (Lipinski definition) is 1. The van der Waals surface area contributed by atoms with Gasteiger partial charge in [0.05, 0.1) is 12.9 Å². The molecule has 0 aliphatic carbocycles. The first-order chi connectivity index (χ1) is 9.49. The van der Waals surface area contributed by atoms with Gasteiger partial charge in [-0.15, -0.1) is 0 Å². The Morgan fingerprint density at radius 1 is 1.25 bits per heavy atom. The van der Waals surface area contributed by atoms with Crippen LogP contribution in [0.4, 0.5) is 0 Å². The third-order valence-electron chi connectivity index (χ3n) is 3.15. The van der Waals surface area contributed by atoms with E-state index in [0.717, 1.165) is 42.7 Å². The van der Waals surface area contributed by atoms with Gasteiger partial charge < -0.3 is 14.5 Å². The van der Waals surface area contributed by atoms with Crippen molar-refractivity contribution in [3.05, 3.63) is 30.0 Å². The topological polar surface area (TPSA) is 34.4 Å². The summed E-state index contributed by atoms with van der Waals surface area (Å²) in [7, 11) is 0. The lowest BCUT2D eigenvalue weighted by Gasteiger charge is -2.20. The van der Waals surface area contributed by atoms with Gasteiger partial charge in [-0.2, -0.15) is 0 Å². The molecule has 0 unspecified atom stereocenters. The predicted molar refractivity (Wildman–Crippen MR) is 83.5 cm³/mol. The summed E-state index contributed by atoms with van der Waals surface area (Å²) in [6.45, 7) is 10.3. The highest BCUT2D eigenvalue weighted by Crippen LogP contribution is 2.26. The van der Waals surface area contributed by atoms with Gasteiger partial charge in [0.25, 0.3) is 0 Å². The maximum Gasteiger partial charge on any atom is 0.134 e. The Morgan fingerprint density at radius 3 is 2.75 bits per heavy atom. The second-order valence-electron chi connectivity index (χ2n) is 6.19. The Balaban J connectivity index is 2.08. The van der Waals surface area contributed by atoms with E-state index < -0.39 is 0 Å². The van der Waals surface area contributed by atoms with Crippen LogP contribution >= 0.6 is 0 Å². The molecule has 0 saturated heterocycles.